The molecule has 9 heteroatoms. The van der Waals surface area contributed by atoms with E-state index in [1.807, 2.05) is 78.9 Å². The SMILES string of the molecule is O=C1N(Cc2ccccc2)c2ccccc2[C@@]12OC(c1ccc(C(F)(F)F)cc1)=Nc1nc3ccccc3n12. The molecule has 5 aromatic rings. The molecule has 1 amide bonds. The van der Waals surface area contributed by atoms with Crippen LogP contribution in [0.3, 0.4) is 0 Å². The first-order valence-electron chi connectivity index (χ1n) is 12.2. The maximum absolute atomic E-state index is 14.6. The summed E-state index contributed by atoms with van der Waals surface area (Å²) in [7, 11) is 0. The number of nitrogens with zero attached hydrogens (tertiary/aromatic N) is 4. The highest BCUT2D eigenvalue weighted by Gasteiger charge is 2.58. The molecule has 39 heavy (non-hydrogen) atoms. The van der Waals surface area contributed by atoms with Gasteiger partial charge in [-0.1, -0.05) is 60.7 Å². The molecular formula is C30H19F3N4O2. The third-order valence-electron chi connectivity index (χ3n) is 7.04. The summed E-state index contributed by atoms with van der Waals surface area (Å²) in [4.78, 5) is 25.5. The van der Waals surface area contributed by atoms with Crippen molar-refractivity contribution < 1.29 is 22.7 Å². The van der Waals surface area contributed by atoms with Crippen LogP contribution in [0.1, 0.15) is 22.3 Å². The minimum atomic E-state index is -4.48. The van der Waals surface area contributed by atoms with Crippen molar-refractivity contribution >= 4 is 34.5 Å². The maximum Gasteiger partial charge on any atom is 0.416 e. The Morgan fingerprint density at radius 1 is 0.821 bits per heavy atom. The summed E-state index contributed by atoms with van der Waals surface area (Å²) in [5.41, 5.74) is 1.26. The van der Waals surface area contributed by atoms with Gasteiger partial charge < -0.3 is 9.64 Å². The Kier molecular flexibility index (Phi) is 4.94. The van der Waals surface area contributed by atoms with Crippen LogP contribution in [0.4, 0.5) is 24.8 Å². The van der Waals surface area contributed by atoms with E-state index in [0.29, 0.717) is 34.4 Å². The predicted octanol–water partition coefficient (Wildman–Crippen LogP) is 6.41. The number of ether oxygens (including phenoxy) is 1. The van der Waals surface area contributed by atoms with Gasteiger partial charge in [-0.25, -0.2) is 4.98 Å². The molecule has 2 aliphatic rings. The van der Waals surface area contributed by atoms with E-state index in [-0.39, 0.29) is 17.8 Å². The lowest BCUT2D eigenvalue weighted by Gasteiger charge is -2.35. The summed E-state index contributed by atoms with van der Waals surface area (Å²) in [6, 6.07) is 28.8. The van der Waals surface area contributed by atoms with Gasteiger partial charge in [0.2, 0.25) is 11.8 Å². The minimum Gasteiger partial charge on any atom is -0.436 e. The molecule has 1 atom stereocenters. The monoisotopic (exact) mass is 524 g/mol. The van der Waals surface area contributed by atoms with Crippen LogP contribution in [0.25, 0.3) is 11.0 Å². The molecule has 0 saturated carbocycles. The second-order valence-corrected chi connectivity index (χ2v) is 9.37. The van der Waals surface area contributed by atoms with Gasteiger partial charge in [0.05, 0.1) is 34.4 Å². The van der Waals surface area contributed by atoms with Crippen molar-refractivity contribution in [1.82, 2.24) is 9.55 Å². The summed E-state index contributed by atoms with van der Waals surface area (Å²) < 4.78 is 47.9. The van der Waals surface area contributed by atoms with E-state index in [9.17, 15) is 18.0 Å². The fraction of sp³-hybridized carbons (Fsp3) is 0.100. The van der Waals surface area contributed by atoms with Crippen LogP contribution in [0.15, 0.2) is 108 Å². The van der Waals surface area contributed by atoms with Crippen molar-refractivity contribution in [1.29, 1.82) is 0 Å². The van der Waals surface area contributed by atoms with E-state index in [4.69, 9.17) is 4.74 Å². The normalized spacial score (nSPS) is 18.2. The summed E-state index contributed by atoms with van der Waals surface area (Å²) in [6.45, 7) is 0.302. The number of benzene rings is 4. The molecule has 0 N–H and O–H groups in total. The highest BCUT2D eigenvalue weighted by molar-refractivity contribution is 6.11. The Bertz CT molecular complexity index is 1780. The second-order valence-electron chi connectivity index (χ2n) is 9.37. The fourth-order valence-corrected chi connectivity index (χ4v) is 5.26. The van der Waals surface area contributed by atoms with E-state index in [0.717, 1.165) is 17.7 Å². The number of alkyl halides is 3. The Morgan fingerprint density at radius 3 is 2.28 bits per heavy atom. The Labute approximate surface area is 220 Å². The number of imidazole rings is 1. The maximum atomic E-state index is 14.6. The smallest absolute Gasteiger partial charge is 0.416 e. The number of hydrogen-bond acceptors (Lipinski definition) is 4. The standard InChI is InChI=1S/C30H19F3N4O2/c31-30(32,33)21-16-14-20(15-17-21)26-35-28-34-23-11-5-7-13-25(23)37(28)29(39-26)22-10-4-6-12-24(22)36(27(29)38)18-19-8-2-1-3-9-19/h1-17H,18H2/t29-/m1/s1. The topological polar surface area (TPSA) is 59.7 Å². The Morgan fingerprint density at radius 2 is 1.51 bits per heavy atom. The second kappa shape index (κ2) is 8.29. The van der Waals surface area contributed by atoms with Gasteiger partial charge in [-0.3, -0.25) is 9.36 Å². The van der Waals surface area contributed by atoms with Gasteiger partial charge in [0, 0.05) is 5.56 Å². The first-order chi connectivity index (χ1) is 18.9. The van der Waals surface area contributed by atoms with Crippen LogP contribution in [-0.2, 0) is 28.0 Å². The van der Waals surface area contributed by atoms with Crippen LogP contribution in [0.5, 0.6) is 0 Å². The third kappa shape index (κ3) is 3.46. The number of aromatic nitrogens is 2. The first kappa shape index (κ1) is 23.2. The third-order valence-corrected chi connectivity index (χ3v) is 7.04. The van der Waals surface area contributed by atoms with Crippen molar-refractivity contribution in [3.63, 3.8) is 0 Å². The molecule has 7 rings (SSSR count). The van der Waals surface area contributed by atoms with Crippen molar-refractivity contribution in [3.05, 3.63) is 125 Å². The van der Waals surface area contributed by atoms with Gasteiger partial charge in [0.25, 0.3) is 11.6 Å². The number of amides is 1. The summed E-state index contributed by atoms with van der Waals surface area (Å²) in [6.07, 6.45) is -4.48. The van der Waals surface area contributed by atoms with E-state index in [1.54, 1.807) is 9.47 Å². The van der Waals surface area contributed by atoms with Crippen LogP contribution in [-0.4, -0.2) is 21.4 Å². The van der Waals surface area contributed by atoms with Crippen molar-refractivity contribution in [2.45, 2.75) is 18.4 Å². The number of halogens is 3. The number of carbonyl (C=O) groups excluding carboxylic acids is 1. The average Bonchev–Trinajstić information content (AvgIpc) is 3.43. The number of aliphatic imine (C=N–C) groups is 1. The molecule has 3 heterocycles. The molecule has 0 bridgehead atoms. The van der Waals surface area contributed by atoms with Crippen molar-refractivity contribution in [3.8, 4) is 0 Å². The van der Waals surface area contributed by atoms with E-state index >= 15 is 0 Å². The van der Waals surface area contributed by atoms with Crippen LogP contribution in [0, 0.1) is 0 Å². The summed E-state index contributed by atoms with van der Waals surface area (Å²) in [5.74, 6) is -0.116. The lowest BCUT2D eigenvalue weighted by atomic mass is 10.0. The molecule has 0 radical (unpaired) electrons. The lowest BCUT2D eigenvalue weighted by molar-refractivity contribution is -0.137. The minimum absolute atomic E-state index is 0.0104. The van der Waals surface area contributed by atoms with E-state index in [2.05, 4.69) is 9.98 Å². The van der Waals surface area contributed by atoms with Crippen LogP contribution in [0.2, 0.25) is 0 Å². The largest absolute Gasteiger partial charge is 0.436 e. The summed E-state index contributed by atoms with van der Waals surface area (Å²) in [5, 5.41) is 0. The number of hydrogen-bond donors (Lipinski definition) is 0. The van der Waals surface area contributed by atoms with Crippen LogP contribution >= 0.6 is 0 Å². The highest BCUT2D eigenvalue weighted by atomic mass is 19.4. The molecule has 0 unspecified atom stereocenters. The Hall–Kier alpha value is -4.92. The number of para-hydroxylation sites is 3. The van der Waals surface area contributed by atoms with Crippen molar-refractivity contribution in [2.75, 3.05) is 4.90 Å². The fourth-order valence-electron chi connectivity index (χ4n) is 5.26. The first-order valence-corrected chi connectivity index (χ1v) is 12.2. The Balaban J connectivity index is 1.44. The number of carbonyl (C=O) groups is 1. The highest BCUT2D eigenvalue weighted by Crippen LogP contribution is 2.49. The van der Waals surface area contributed by atoms with Gasteiger partial charge in [-0.15, -0.1) is 0 Å². The zero-order chi connectivity index (χ0) is 26.8. The lowest BCUT2D eigenvalue weighted by Crippen LogP contribution is -2.50. The van der Waals surface area contributed by atoms with Crippen LogP contribution < -0.4 is 4.90 Å². The molecular weight excluding hydrogens is 505 g/mol. The quantitative estimate of drug-likeness (QED) is 0.274. The molecule has 2 aliphatic heterocycles. The molecule has 0 aliphatic carbocycles. The average molecular weight is 525 g/mol. The van der Waals surface area contributed by atoms with Crippen molar-refractivity contribution in [2.24, 2.45) is 4.99 Å². The van der Waals surface area contributed by atoms with Gasteiger partial charge in [-0.05, 0) is 48.0 Å². The zero-order valence-corrected chi connectivity index (χ0v) is 20.3. The number of rotatable bonds is 3. The van der Waals surface area contributed by atoms with Gasteiger partial charge in [0.15, 0.2) is 0 Å². The van der Waals surface area contributed by atoms with E-state index < -0.39 is 17.5 Å². The van der Waals surface area contributed by atoms with Gasteiger partial charge >= 0.3 is 6.18 Å². The molecule has 1 spiro atoms. The predicted molar refractivity (Wildman–Crippen MR) is 140 cm³/mol. The number of fused-ring (bicyclic) bond motifs is 6. The molecule has 0 fully saturated rings. The molecule has 6 nitrogen and oxygen atoms in total. The van der Waals surface area contributed by atoms with Gasteiger partial charge in [-0.2, -0.15) is 18.2 Å². The molecule has 192 valence electrons. The summed E-state index contributed by atoms with van der Waals surface area (Å²) >= 11 is 0. The molecule has 0 saturated heterocycles. The number of anilines is 1. The van der Waals surface area contributed by atoms with E-state index in [1.165, 1.54) is 12.1 Å². The molecule has 4 aromatic carbocycles. The molecule has 1 aromatic heterocycles. The zero-order valence-electron chi connectivity index (χ0n) is 20.3. The van der Waals surface area contributed by atoms with Gasteiger partial charge in [0.1, 0.15) is 0 Å².